The second-order valence-corrected chi connectivity index (χ2v) is 12.9. The third kappa shape index (κ3) is 12.1. The number of ether oxygens (including phenoxy) is 2. The zero-order chi connectivity index (χ0) is 30.5. The molecule has 3 rings (SSSR count). The van der Waals surface area contributed by atoms with Crippen LogP contribution in [0.4, 0.5) is 4.79 Å². The Kier molecular flexibility index (Phi) is 13.3. The van der Waals surface area contributed by atoms with Gasteiger partial charge in [-0.15, -0.1) is 0 Å². The van der Waals surface area contributed by atoms with Crippen LogP contribution in [0.3, 0.4) is 0 Å². The number of benzene rings is 2. The number of carbonyl (C=O) groups excluding carboxylic acids is 2. The number of amides is 1. The Labute approximate surface area is 252 Å². The first-order valence-electron chi connectivity index (χ1n) is 15.6. The van der Waals surface area contributed by atoms with E-state index in [4.69, 9.17) is 9.47 Å². The van der Waals surface area contributed by atoms with Crippen molar-refractivity contribution in [1.82, 2.24) is 5.32 Å². The lowest BCUT2D eigenvalue weighted by Gasteiger charge is -2.27. The number of hydrogen-bond donors (Lipinski definition) is 3. The van der Waals surface area contributed by atoms with Gasteiger partial charge in [-0.25, -0.2) is 4.79 Å². The quantitative estimate of drug-likeness (QED) is 0.224. The molecule has 232 valence electrons. The molecule has 1 aliphatic rings. The number of carbonyl (C=O) groups is 2. The van der Waals surface area contributed by atoms with Gasteiger partial charge in [0.25, 0.3) is 0 Å². The number of nitrogens with one attached hydrogen (secondary N) is 1. The Morgan fingerprint density at radius 1 is 0.881 bits per heavy atom. The largest absolute Gasteiger partial charge is 0.486 e. The average molecular weight is 582 g/mol. The van der Waals surface area contributed by atoms with Gasteiger partial charge in [-0.2, -0.15) is 0 Å². The molecule has 1 fully saturated rings. The molecule has 2 aromatic carbocycles. The minimum atomic E-state index is -0.821. The normalized spacial score (nSPS) is 17.1. The van der Waals surface area contributed by atoms with Gasteiger partial charge in [-0.05, 0) is 94.9 Å². The molecule has 2 aromatic rings. The molecule has 0 heterocycles. The van der Waals surface area contributed by atoms with Gasteiger partial charge in [-0.3, -0.25) is 4.79 Å². The van der Waals surface area contributed by atoms with E-state index < -0.39 is 29.9 Å². The van der Waals surface area contributed by atoms with E-state index in [2.05, 4.69) is 17.4 Å². The van der Waals surface area contributed by atoms with Crippen molar-refractivity contribution in [1.29, 1.82) is 0 Å². The van der Waals surface area contributed by atoms with E-state index in [1.807, 2.05) is 49.4 Å². The second kappa shape index (κ2) is 16.7. The van der Waals surface area contributed by atoms with E-state index >= 15 is 0 Å². The van der Waals surface area contributed by atoms with Crippen molar-refractivity contribution in [3.05, 3.63) is 65.7 Å². The van der Waals surface area contributed by atoms with Gasteiger partial charge in [0.1, 0.15) is 18.0 Å². The summed E-state index contributed by atoms with van der Waals surface area (Å²) >= 11 is 0. The van der Waals surface area contributed by atoms with Gasteiger partial charge in [-0.1, -0.05) is 68.7 Å². The number of rotatable bonds is 15. The Balaban J connectivity index is 1.53. The lowest BCUT2D eigenvalue weighted by Crippen LogP contribution is -2.46. The lowest BCUT2D eigenvalue weighted by molar-refractivity contribution is -0.125. The summed E-state index contributed by atoms with van der Waals surface area (Å²) < 4.78 is 11.2. The van der Waals surface area contributed by atoms with E-state index in [1.54, 1.807) is 20.8 Å². The van der Waals surface area contributed by atoms with E-state index in [9.17, 15) is 19.8 Å². The lowest BCUT2D eigenvalue weighted by atomic mass is 9.86. The molecule has 1 saturated carbocycles. The van der Waals surface area contributed by atoms with Crippen molar-refractivity contribution in [2.75, 3.05) is 6.61 Å². The summed E-state index contributed by atoms with van der Waals surface area (Å²) in [5, 5.41) is 24.7. The number of alkyl carbamates (subject to hydrolysis) is 1. The summed E-state index contributed by atoms with van der Waals surface area (Å²) in [7, 11) is 0. The highest BCUT2D eigenvalue weighted by atomic mass is 16.6. The van der Waals surface area contributed by atoms with Crippen LogP contribution in [0.2, 0.25) is 0 Å². The summed E-state index contributed by atoms with van der Waals surface area (Å²) in [5.74, 6) is 1.01. The molecule has 1 amide bonds. The van der Waals surface area contributed by atoms with Crippen LogP contribution in [0, 0.1) is 11.8 Å². The molecule has 0 aromatic heterocycles. The summed E-state index contributed by atoms with van der Waals surface area (Å²) in [6, 6.07) is 17.0. The smallest absolute Gasteiger partial charge is 0.407 e. The molecule has 7 nitrogen and oxygen atoms in total. The highest BCUT2D eigenvalue weighted by Crippen LogP contribution is 2.25. The van der Waals surface area contributed by atoms with Crippen molar-refractivity contribution in [2.45, 2.75) is 116 Å². The molecular formula is C35H51NO6. The molecule has 0 radical (unpaired) electrons. The number of hydrogen-bond acceptors (Lipinski definition) is 6. The van der Waals surface area contributed by atoms with Crippen LogP contribution >= 0.6 is 0 Å². The predicted octanol–water partition coefficient (Wildman–Crippen LogP) is 6.42. The van der Waals surface area contributed by atoms with Crippen LogP contribution in [0.1, 0.15) is 90.2 Å². The SMILES string of the molecule is CC(Cc1ccccc1)C(O)CCCC(O)C(Cc1ccc(OCC(=O)C2CCCCC2)cc1)NC(=O)OC(C)(C)C. The Hall–Kier alpha value is -2.90. The van der Waals surface area contributed by atoms with Crippen LogP contribution in [0.25, 0.3) is 0 Å². The minimum Gasteiger partial charge on any atom is -0.486 e. The third-order valence-electron chi connectivity index (χ3n) is 8.04. The molecule has 42 heavy (non-hydrogen) atoms. The first kappa shape index (κ1) is 33.6. The summed E-state index contributed by atoms with van der Waals surface area (Å²) in [6.45, 7) is 7.52. The number of aliphatic hydroxyl groups is 2. The number of ketones is 1. The van der Waals surface area contributed by atoms with Crippen molar-refractivity contribution in [2.24, 2.45) is 11.8 Å². The maximum Gasteiger partial charge on any atom is 0.407 e. The molecule has 3 N–H and O–H groups in total. The highest BCUT2D eigenvalue weighted by molar-refractivity contribution is 5.82. The molecular weight excluding hydrogens is 530 g/mol. The first-order chi connectivity index (χ1) is 20.0. The van der Waals surface area contributed by atoms with Crippen molar-refractivity contribution in [3.8, 4) is 5.75 Å². The molecule has 0 saturated heterocycles. The van der Waals surface area contributed by atoms with Gasteiger partial charge in [0.2, 0.25) is 0 Å². The summed E-state index contributed by atoms with van der Waals surface area (Å²) in [6.07, 6.45) is 6.28. The Morgan fingerprint density at radius 3 is 2.14 bits per heavy atom. The second-order valence-electron chi connectivity index (χ2n) is 12.9. The number of aliphatic hydroxyl groups excluding tert-OH is 2. The summed E-state index contributed by atoms with van der Waals surface area (Å²) in [4.78, 5) is 25.1. The minimum absolute atomic E-state index is 0.0847. The monoisotopic (exact) mass is 581 g/mol. The fourth-order valence-electron chi connectivity index (χ4n) is 5.56. The van der Waals surface area contributed by atoms with E-state index in [0.717, 1.165) is 37.7 Å². The average Bonchev–Trinajstić information content (AvgIpc) is 2.96. The van der Waals surface area contributed by atoms with E-state index in [0.29, 0.717) is 31.4 Å². The number of Topliss-reactive ketones (excluding diaryl/α,β-unsaturated/α-hetero) is 1. The molecule has 0 aliphatic heterocycles. The van der Waals surface area contributed by atoms with E-state index in [1.165, 1.54) is 12.0 Å². The van der Waals surface area contributed by atoms with Crippen molar-refractivity contribution >= 4 is 11.9 Å². The maximum absolute atomic E-state index is 12.6. The van der Waals surface area contributed by atoms with Crippen LogP contribution < -0.4 is 10.1 Å². The standard InChI is InChI=1S/C35H51NO6/c1-25(22-26-12-7-5-8-13-26)31(37)16-11-17-32(38)30(36-34(40)42-35(2,3)4)23-27-18-20-29(21-19-27)41-24-33(39)28-14-9-6-10-15-28/h5,7-8,12-13,18-21,25,28,30-32,37-38H,6,9-11,14-17,22-24H2,1-4H3,(H,36,40). The highest BCUT2D eigenvalue weighted by Gasteiger charge is 2.26. The van der Waals surface area contributed by atoms with Crippen LogP contribution in [0.5, 0.6) is 5.75 Å². The maximum atomic E-state index is 12.6. The third-order valence-corrected chi connectivity index (χ3v) is 8.04. The molecule has 0 bridgehead atoms. The Bertz CT molecular complexity index is 1070. The van der Waals surface area contributed by atoms with Crippen LogP contribution in [0.15, 0.2) is 54.6 Å². The van der Waals surface area contributed by atoms with Crippen LogP contribution in [-0.4, -0.2) is 52.5 Å². The van der Waals surface area contributed by atoms with Gasteiger partial charge >= 0.3 is 6.09 Å². The predicted molar refractivity (Wildman–Crippen MR) is 166 cm³/mol. The first-order valence-corrected chi connectivity index (χ1v) is 15.6. The van der Waals surface area contributed by atoms with Gasteiger partial charge in [0.05, 0.1) is 18.2 Å². The van der Waals surface area contributed by atoms with E-state index in [-0.39, 0.29) is 24.2 Å². The van der Waals surface area contributed by atoms with Gasteiger partial charge in [0.15, 0.2) is 5.78 Å². The molecule has 0 spiro atoms. The molecule has 4 unspecified atom stereocenters. The molecule has 4 atom stereocenters. The van der Waals surface area contributed by atoms with Crippen molar-refractivity contribution < 1.29 is 29.3 Å². The zero-order valence-corrected chi connectivity index (χ0v) is 25.9. The van der Waals surface area contributed by atoms with Gasteiger partial charge < -0.3 is 25.0 Å². The van der Waals surface area contributed by atoms with Crippen molar-refractivity contribution in [3.63, 3.8) is 0 Å². The fraction of sp³-hybridized carbons (Fsp3) is 0.600. The fourth-order valence-corrected chi connectivity index (χ4v) is 5.56. The van der Waals surface area contributed by atoms with Gasteiger partial charge in [0, 0.05) is 5.92 Å². The zero-order valence-electron chi connectivity index (χ0n) is 25.9. The topological polar surface area (TPSA) is 105 Å². The van der Waals surface area contributed by atoms with Crippen LogP contribution in [-0.2, 0) is 22.4 Å². The molecule has 7 heteroatoms. The summed E-state index contributed by atoms with van der Waals surface area (Å²) in [5.41, 5.74) is 1.45. The molecule has 1 aliphatic carbocycles. The Morgan fingerprint density at radius 2 is 1.50 bits per heavy atom.